The van der Waals surface area contributed by atoms with Gasteiger partial charge in [-0.2, -0.15) is 0 Å². The van der Waals surface area contributed by atoms with E-state index in [0.717, 1.165) is 0 Å². The molecule has 0 unspecified atom stereocenters. The van der Waals surface area contributed by atoms with Gasteiger partial charge in [0.05, 0.1) is 4.92 Å². The summed E-state index contributed by atoms with van der Waals surface area (Å²) in [6, 6.07) is 10.6. The molecule has 0 atom stereocenters. The topological polar surface area (TPSA) is 84.3 Å². The van der Waals surface area contributed by atoms with Crippen LogP contribution >= 0.6 is 11.6 Å². The molecule has 0 aliphatic rings. The van der Waals surface area contributed by atoms with Crippen LogP contribution in [-0.4, -0.2) is 11.0 Å². The minimum Gasteiger partial charge on any atom is -0.308 e. The monoisotopic (exact) mass is 305 g/mol. The molecule has 0 saturated carbocycles. The molecule has 0 aliphatic carbocycles. The van der Waals surface area contributed by atoms with Crippen LogP contribution in [0.25, 0.3) is 0 Å². The molecule has 2 aromatic carbocycles. The molecule has 7 heteroatoms. The molecular formula is C14H12ClN3O3. The first-order valence-electron chi connectivity index (χ1n) is 6.04. The summed E-state index contributed by atoms with van der Waals surface area (Å²) in [5, 5.41) is 16.6. The second-order valence-corrected chi connectivity index (χ2v) is 4.78. The van der Waals surface area contributed by atoms with Crippen LogP contribution in [0, 0.1) is 17.0 Å². The van der Waals surface area contributed by atoms with Crippen molar-refractivity contribution >= 4 is 34.7 Å². The lowest BCUT2D eigenvalue weighted by molar-refractivity contribution is -0.385. The predicted molar refractivity (Wildman–Crippen MR) is 81.9 cm³/mol. The number of amides is 2. The Morgan fingerprint density at radius 2 is 1.67 bits per heavy atom. The van der Waals surface area contributed by atoms with Crippen molar-refractivity contribution in [2.24, 2.45) is 0 Å². The zero-order valence-corrected chi connectivity index (χ0v) is 11.8. The van der Waals surface area contributed by atoms with Gasteiger partial charge < -0.3 is 10.6 Å². The van der Waals surface area contributed by atoms with E-state index < -0.39 is 11.0 Å². The number of anilines is 2. The molecular weight excluding hydrogens is 294 g/mol. The van der Waals surface area contributed by atoms with Gasteiger partial charge in [0.1, 0.15) is 0 Å². The Hall–Kier alpha value is -2.60. The lowest BCUT2D eigenvalue weighted by atomic mass is 10.2. The van der Waals surface area contributed by atoms with Gasteiger partial charge >= 0.3 is 6.03 Å². The van der Waals surface area contributed by atoms with Crippen molar-refractivity contribution in [2.75, 3.05) is 10.6 Å². The fraction of sp³-hybridized carbons (Fsp3) is 0.0714. The maximum Gasteiger partial charge on any atom is 0.323 e. The summed E-state index contributed by atoms with van der Waals surface area (Å²) in [6.07, 6.45) is 0. The number of halogens is 1. The van der Waals surface area contributed by atoms with E-state index in [0.29, 0.717) is 22.0 Å². The Morgan fingerprint density at radius 3 is 2.29 bits per heavy atom. The third-order valence-electron chi connectivity index (χ3n) is 2.77. The quantitative estimate of drug-likeness (QED) is 0.658. The third-order valence-corrected chi connectivity index (χ3v) is 3.02. The van der Waals surface area contributed by atoms with Gasteiger partial charge in [-0.25, -0.2) is 4.79 Å². The van der Waals surface area contributed by atoms with E-state index in [9.17, 15) is 14.9 Å². The van der Waals surface area contributed by atoms with Gasteiger partial charge in [0.2, 0.25) is 0 Å². The fourth-order valence-electron chi connectivity index (χ4n) is 1.71. The number of nitrogens with zero attached hydrogens (tertiary/aromatic N) is 1. The van der Waals surface area contributed by atoms with Crippen LogP contribution in [0.1, 0.15) is 5.56 Å². The number of nitro groups is 1. The van der Waals surface area contributed by atoms with Crippen LogP contribution in [-0.2, 0) is 0 Å². The van der Waals surface area contributed by atoms with Crippen molar-refractivity contribution in [3.63, 3.8) is 0 Å². The summed E-state index contributed by atoms with van der Waals surface area (Å²) in [4.78, 5) is 22.2. The second kappa shape index (κ2) is 6.23. The van der Waals surface area contributed by atoms with Gasteiger partial charge in [0, 0.05) is 28.0 Å². The summed E-state index contributed by atoms with van der Waals surface area (Å²) < 4.78 is 0. The minimum atomic E-state index is -0.490. The van der Waals surface area contributed by atoms with Crippen molar-refractivity contribution in [3.8, 4) is 0 Å². The molecule has 2 aromatic rings. The molecule has 0 aliphatic heterocycles. The van der Waals surface area contributed by atoms with E-state index in [1.54, 1.807) is 43.3 Å². The lowest BCUT2D eigenvalue weighted by Crippen LogP contribution is -2.19. The Kier molecular flexibility index (Phi) is 4.39. The normalized spacial score (nSPS) is 10.0. The number of rotatable bonds is 3. The Labute approximate surface area is 125 Å². The van der Waals surface area contributed by atoms with Crippen molar-refractivity contribution in [1.29, 1.82) is 0 Å². The number of nitrogens with one attached hydrogen (secondary N) is 2. The number of urea groups is 1. The summed E-state index contributed by atoms with van der Waals surface area (Å²) in [5.74, 6) is 0. The van der Waals surface area contributed by atoms with E-state index in [2.05, 4.69) is 10.6 Å². The van der Waals surface area contributed by atoms with Crippen molar-refractivity contribution in [3.05, 3.63) is 63.2 Å². The van der Waals surface area contributed by atoms with E-state index in [1.165, 1.54) is 6.07 Å². The Bertz CT molecular complexity index is 686. The molecule has 108 valence electrons. The third kappa shape index (κ3) is 3.93. The predicted octanol–water partition coefficient (Wildman–Crippen LogP) is 4.20. The smallest absolute Gasteiger partial charge is 0.308 e. The highest BCUT2D eigenvalue weighted by atomic mass is 35.5. The Morgan fingerprint density at radius 1 is 1.10 bits per heavy atom. The highest BCUT2D eigenvalue weighted by Gasteiger charge is 2.12. The molecule has 0 radical (unpaired) electrons. The molecule has 0 saturated heterocycles. The molecule has 0 spiro atoms. The molecule has 0 aromatic heterocycles. The molecule has 6 nitrogen and oxygen atoms in total. The molecule has 2 N–H and O–H groups in total. The number of carbonyl (C=O) groups excluding carboxylic acids is 1. The molecule has 0 bridgehead atoms. The number of benzene rings is 2. The van der Waals surface area contributed by atoms with Crippen LogP contribution in [0.2, 0.25) is 5.02 Å². The molecule has 21 heavy (non-hydrogen) atoms. The highest BCUT2D eigenvalue weighted by molar-refractivity contribution is 6.30. The summed E-state index contributed by atoms with van der Waals surface area (Å²) in [7, 11) is 0. The van der Waals surface area contributed by atoms with Crippen molar-refractivity contribution in [1.82, 2.24) is 0 Å². The van der Waals surface area contributed by atoms with E-state index in [-0.39, 0.29) is 5.69 Å². The number of hydrogen-bond donors (Lipinski definition) is 2. The van der Waals surface area contributed by atoms with Crippen LogP contribution in [0.5, 0.6) is 0 Å². The van der Waals surface area contributed by atoms with Gasteiger partial charge in [-0.1, -0.05) is 17.7 Å². The van der Waals surface area contributed by atoms with Crippen LogP contribution in [0.4, 0.5) is 21.9 Å². The van der Waals surface area contributed by atoms with E-state index >= 15 is 0 Å². The number of nitro benzene ring substituents is 1. The largest absolute Gasteiger partial charge is 0.323 e. The average Bonchev–Trinajstić information content (AvgIpc) is 2.43. The van der Waals surface area contributed by atoms with Crippen LogP contribution in [0.15, 0.2) is 42.5 Å². The summed E-state index contributed by atoms with van der Waals surface area (Å²) in [5.41, 5.74) is 1.40. The minimum absolute atomic E-state index is 0.0423. The van der Waals surface area contributed by atoms with Gasteiger partial charge in [-0.3, -0.25) is 10.1 Å². The molecule has 0 fully saturated rings. The number of carbonyl (C=O) groups is 1. The number of hydrogen-bond acceptors (Lipinski definition) is 3. The van der Waals surface area contributed by atoms with Gasteiger partial charge in [0.15, 0.2) is 0 Å². The van der Waals surface area contributed by atoms with Crippen molar-refractivity contribution in [2.45, 2.75) is 6.92 Å². The van der Waals surface area contributed by atoms with Gasteiger partial charge in [-0.15, -0.1) is 0 Å². The average molecular weight is 306 g/mol. The first-order chi connectivity index (χ1) is 9.95. The zero-order chi connectivity index (χ0) is 15.4. The summed E-state index contributed by atoms with van der Waals surface area (Å²) >= 11 is 5.75. The zero-order valence-electron chi connectivity index (χ0n) is 11.1. The lowest BCUT2D eigenvalue weighted by Gasteiger charge is -2.08. The second-order valence-electron chi connectivity index (χ2n) is 4.34. The summed E-state index contributed by atoms with van der Waals surface area (Å²) in [6.45, 7) is 1.63. The standard InChI is InChI=1S/C14H12ClN3O3/c1-9-2-5-12(8-13(9)18(20)21)17-14(19)16-11-6-3-10(15)4-7-11/h2-8H,1H3,(H2,16,17,19). The fourth-order valence-corrected chi connectivity index (χ4v) is 1.84. The van der Waals surface area contributed by atoms with Gasteiger partial charge in [-0.05, 0) is 37.3 Å². The number of aryl methyl sites for hydroxylation is 1. The van der Waals surface area contributed by atoms with Gasteiger partial charge in [0.25, 0.3) is 5.69 Å². The maximum atomic E-state index is 11.8. The Balaban J connectivity index is 2.07. The van der Waals surface area contributed by atoms with Crippen molar-refractivity contribution < 1.29 is 9.72 Å². The first kappa shape index (κ1) is 14.8. The van der Waals surface area contributed by atoms with E-state index in [4.69, 9.17) is 11.6 Å². The van der Waals surface area contributed by atoms with Crippen LogP contribution in [0.3, 0.4) is 0 Å². The molecule has 2 amide bonds. The van der Waals surface area contributed by atoms with E-state index in [1.807, 2.05) is 0 Å². The SMILES string of the molecule is Cc1ccc(NC(=O)Nc2ccc(Cl)cc2)cc1[N+](=O)[O-]. The van der Waals surface area contributed by atoms with Crippen LogP contribution < -0.4 is 10.6 Å². The molecule has 0 heterocycles. The highest BCUT2D eigenvalue weighted by Crippen LogP contribution is 2.22. The molecule has 2 rings (SSSR count). The maximum absolute atomic E-state index is 11.8. The first-order valence-corrected chi connectivity index (χ1v) is 6.42.